The first-order chi connectivity index (χ1) is 14.2. The zero-order valence-corrected chi connectivity index (χ0v) is 18.6. The van der Waals surface area contributed by atoms with Crippen LogP contribution in [0.3, 0.4) is 0 Å². The van der Waals surface area contributed by atoms with Crippen LogP contribution in [0.25, 0.3) is 0 Å². The second kappa shape index (κ2) is 10.6. The summed E-state index contributed by atoms with van der Waals surface area (Å²) in [5.74, 6) is 1.80. The Labute approximate surface area is 178 Å². The summed E-state index contributed by atoms with van der Waals surface area (Å²) in [5, 5.41) is 9.13. The SMILES string of the molecule is CCNC(=NCc1sccc1C)NCC1(c2ccc(OCC)cc2)CCOCC1. The molecule has 2 heterocycles. The molecule has 0 unspecified atom stereocenters. The number of ether oxygens (including phenoxy) is 2. The number of nitrogens with zero attached hydrogens (tertiary/aromatic N) is 1. The van der Waals surface area contributed by atoms with E-state index < -0.39 is 0 Å². The average molecular weight is 416 g/mol. The van der Waals surface area contributed by atoms with E-state index in [0.29, 0.717) is 13.2 Å². The summed E-state index contributed by atoms with van der Waals surface area (Å²) in [7, 11) is 0. The fourth-order valence-electron chi connectivity index (χ4n) is 3.71. The predicted octanol–water partition coefficient (Wildman–Crippen LogP) is 4.26. The third-order valence-corrected chi connectivity index (χ3v) is 6.52. The van der Waals surface area contributed by atoms with E-state index >= 15 is 0 Å². The predicted molar refractivity (Wildman–Crippen MR) is 121 cm³/mol. The highest BCUT2D eigenvalue weighted by Crippen LogP contribution is 2.35. The molecule has 6 heteroatoms. The van der Waals surface area contributed by atoms with Crippen LogP contribution in [0.2, 0.25) is 0 Å². The average Bonchev–Trinajstić information content (AvgIpc) is 3.16. The Bertz CT molecular complexity index is 780. The first kappa shape index (κ1) is 21.7. The maximum Gasteiger partial charge on any atom is 0.191 e. The summed E-state index contributed by atoms with van der Waals surface area (Å²) in [6.07, 6.45) is 1.99. The molecule has 1 fully saturated rings. The van der Waals surface area contributed by atoms with E-state index in [1.54, 1.807) is 11.3 Å². The van der Waals surface area contributed by atoms with Gasteiger partial charge >= 0.3 is 0 Å². The lowest BCUT2D eigenvalue weighted by molar-refractivity contribution is 0.0513. The number of benzene rings is 1. The van der Waals surface area contributed by atoms with Crippen molar-refractivity contribution >= 4 is 17.3 Å². The summed E-state index contributed by atoms with van der Waals surface area (Å²) in [6, 6.07) is 10.7. The van der Waals surface area contributed by atoms with Gasteiger partial charge in [-0.15, -0.1) is 11.3 Å². The van der Waals surface area contributed by atoms with Gasteiger partial charge in [0.05, 0.1) is 13.2 Å². The molecule has 0 amide bonds. The molecule has 158 valence electrons. The lowest BCUT2D eigenvalue weighted by atomic mass is 9.74. The Kier molecular flexibility index (Phi) is 7.95. The molecular weight excluding hydrogens is 382 g/mol. The van der Waals surface area contributed by atoms with Crippen LogP contribution in [-0.2, 0) is 16.7 Å². The molecule has 29 heavy (non-hydrogen) atoms. The van der Waals surface area contributed by atoms with Gasteiger partial charge in [-0.2, -0.15) is 0 Å². The summed E-state index contributed by atoms with van der Waals surface area (Å²) >= 11 is 1.77. The van der Waals surface area contributed by atoms with Gasteiger partial charge in [0.1, 0.15) is 5.75 Å². The fourth-order valence-corrected chi connectivity index (χ4v) is 4.54. The third-order valence-electron chi connectivity index (χ3n) is 5.51. The number of guanidine groups is 1. The largest absolute Gasteiger partial charge is 0.494 e. The van der Waals surface area contributed by atoms with Crippen molar-refractivity contribution in [3.63, 3.8) is 0 Å². The normalized spacial score (nSPS) is 16.4. The Balaban J connectivity index is 1.73. The van der Waals surface area contributed by atoms with Crippen LogP contribution in [0, 0.1) is 6.92 Å². The molecule has 3 rings (SSSR count). The van der Waals surface area contributed by atoms with Crippen LogP contribution in [-0.4, -0.2) is 38.9 Å². The highest BCUT2D eigenvalue weighted by molar-refractivity contribution is 7.10. The molecule has 1 saturated heterocycles. The van der Waals surface area contributed by atoms with Crippen molar-refractivity contribution in [3.05, 3.63) is 51.7 Å². The number of aryl methyl sites for hydroxylation is 1. The van der Waals surface area contributed by atoms with Crippen molar-refractivity contribution in [2.45, 2.75) is 45.6 Å². The van der Waals surface area contributed by atoms with Gasteiger partial charge < -0.3 is 20.1 Å². The van der Waals surface area contributed by atoms with Crippen LogP contribution in [0.4, 0.5) is 0 Å². The zero-order chi connectivity index (χ0) is 20.5. The Morgan fingerprint density at radius 2 is 1.90 bits per heavy atom. The molecule has 0 spiro atoms. The molecule has 1 aliphatic heterocycles. The van der Waals surface area contributed by atoms with E-state index in [1.807, 2.05) is 6.92 Å². The van der Waals surface area contributed by atoms with Gasteiger partial charge in [0.2, 0.25) is 0 Å². The lowest BCUT2D eigenvalue weighted by Gasteiger charge is -2.38. The van der Waals surface area contributed by atoms with Gasteiger partial charge in [-0.25, -0.2) is 4.99 Å². The second-order valence-electron chi connectivity index (χ2n) is 7.43. The van der Waals surface area contributed by atoms with Gasteiger partial charge in [0.25, 0.3) is 0 Å². The monoisotopic (exact) mass is 415 g/mol. The standard InChI is InChI=1S/C23H33N3O2S/c1-4-24-22(25-16-21-18(3)10-15-29-21)26-17-23(11-13-27-14-12-23)19-6-8-20(9-7-19)28-5-2/h6-10,15H,4-5,11-14,16-17H2,1-3H3,(H2,24,25,26). The van der Waals surface area contributed by atoms with E-state index in [1.165, 1.54) is 16.0 Å². The number of rotatable bonds is 8. The topological polar surface area (TPSA) is 54.9 Å². The molecule has 0 aliphatic carbocycles. The number of thiophene rings is 1. The highest BCUT2D eigenvalue weighted by atomic mass is 32.1. The first-order valence-electron chi connectivity index (χ1n) is 10.5. The molecule has 5 nitrogen and oxygen atoms in total. The number of hydrogen-bond acceptors (Lipinski definition) is 4. The lowest BCUT2D eigenvalue weighted by Crippen LogP contribution is -2.48. The Morgan fingerprint density at radius 1 is 1.14 bits per heavy atom. The number of nitrogens with one attached hydrogen (secondary N) is 2. The number of aliphatic imine (C=N–C) groups is 1. The van der Waals surface area contributed by atoms with E-state index in [2.05, 4.69) is 60.2 Å². The Morgan fingerprint density at radius 3 is 2.52 bits per heavy atom. The van der Waals surface area contributed by atoms with E-state index in [-0.39, 0.29) is 5.41 Å². The minimum absolute atomic E-state index is 0.0397. The van der Waals surface area contributed by atoms with Crippen molar-refractivity contribution in [2.75, 3.05) is 32.9 Å². The van der Waals surface area contributed by atoms with Gasteiger partial charge in [-0.1, -0.05) is 12.1 Å². The van der Waals surface area contributed by atoms with Gasteiger partial charge in [-0.3, -0.25) is 0 Å². The summed E-state index contributed by atoms with van der Waals surface area (Å²) in [6.45, 7) is 10.9. The quantitative estimate of drug-likeness (QED) is 0.500. The van der Waals surface area contributed by atoms with Crippen LogP contribution >= 0.6 is 11.3 Å². The summed E-state index contributed by atoms with van der Waals surface area (Å²) in [4.78, 5) is 6.13. The van der Waals surface area contributed by atoms with Crippen molar-refractivity contribution in [2.24, 2.45) is 4.99 Å². The molecule has 1 aromatic carbocycles. The molecule has 2 N–H and O–H groups in total. The smallest absolute Gasteiger partial charge is 0.191 e. The highest BCUT2D eigenvalue weighted by Gasteiger charge is 2.34. The molecule has 0 radical (unpaired) electrons. The summed E-state index contributed by atoms with van der Waals surface area (Å²) in [5.41, 5.74) is 2.68. The van der Waals surface area contributed by atoms with Crippen molar-refractivity contribution < 1.29 is 9.47 Å². The molecule has 1 aromatic heterocycles. The van der Waals surface area contributed by atoms with Crippen LogP contribution in [0.15, 0.2) is 40.7 Å². The first-order valence-corrected chi connectivity index (χ1v) is 11.4. The minimum Gasteiger partial charge on any atom is -0.494 e. The van der Waals surface area contributed by atoms with Gasteiger partial charge in [0, 0.05) is 36.6 Å². The molecule has 1 aliphatic rings. The maximum atomic E-state index is 5.68. The van der Waals surface area contributed by atoms with Gasteiger partial charge in [0.15, 0.2) is 5.96 Å². The Hall–Kier alpha value is -2.05. The number of hydrogen-bond donors (Lipinski definition) is 2. The van der Waals surface area contributed by atoms with Crippen molar-refractivity contribution in [1.29, 1.82) is 0 Å². The molecule has 0 saturated carbocycles. The summed E-state index contributed by atoms with van der Waals surface area (Å²) < 4.78 is 11.3. The van der Waals surface area contributed by atoms with E-state index in [0.717, 1.165) is 50.9 Å². The fraction of sp³-hybridized carbons (Fsp3) is 0.522. The zero-order valence-electron chi connectivity index (χ0n) is 17.8. The van der Waals surface area contributed by atoms with E-state index in [4.69, 9.17) is 14.5 Å². The van der Waals surface area contributed by atoms with Crippen LogP contribution in [0.5, 0.6) is 5.75 Å². The molecule has 2 aromatic rings. The van der Waals surface area contributed by atoms with Crippen LogP contribution in [0.1, 0.15) is 42.7 Å². The van der Waals surface area contributed by atoms with Crippen molar-refractivity contribution in [3.8, 4) is 5.75 Å². The second-order valence-corrected chi connectivity index (χ2v) is 8.43. The molecule has 0 atom stereocenters. The third kappa shape index (κ3) is 5.73. The molecular formula is C23H33N3O2S. The van der Waals surface area contributed by atoms with E-state index in [9.17, 15) is 0 Å². The minimum atomic E-state index is 0.0397. The molecule has 0 bridgehead atoms. The van der Waals surface area contributed by atoms with Gasteiger partial charge in [-0.05, 0) is 68.3 Å². The van der Waals surface area contributed by atoms with Crippen molar-refractivity contribution in [1.82, 2.24) is 10.6 Å². The van der Waals surface area contributed by atoms with Crippen LogP contribution < -0.4 is 15.4 Å². The maximum absolute atomic E-state index is 5.68.